The number of hydrogen-bond acceptors (Lipinski definition) is 3. The summed E-state index contributed by atoms with van der Waals surface area (Å²) in [7, 11) is 0. The van der Waals surface area contributed by atoms with E-state index in [0.29, 0.717) is 24.1 Å². The lowest BCUT2D eigenvalue weighted by atomic mass is 9.85. The van der Waals surface area contributed by atoms with E-state index < -0.39 is 17.9 Å². The van der Waals surface area contributed by atoms with Gasteiger partial charge in [-0.2, -0.15) is 13.2 Å². The van der Waals surface area contributed by atoms with Gasteiger partial charge >= 0.3 is 6.18 Å². The van der Waals surface area contributed by atoms with Crippen LogP contribution < -0.4 is 10.2 Å². The van der Waals surface area contributed by atoms with Crippen molar-refractivity contribution in [3.05, 3.63) is 53.6 Å². The minimum absolute atomic E-state index is 0.0515. The molecule has 0 radical (unpaired) electrons. The molecule has 3 nitrogen and oxygen atoms in total. The van der Waals surface area contributed by atoms with Crippen molar-refractivity contribution in [3.63, 3.8) is 0 Å². The van der Waals surface area contributed by atoms with Gasteiger partial charge in [-0.15, -0.1) is 0 Å². The molecule has 1 saturated carbocycles. The standard InChI is InChI=1S/C19H19F4N3/c20-12-5-6-16-15(9-12)18(19(21,22)23)14-7-8-24-10-17(14)26(16)11-25-13-3-1-2-4-13/h5-10,13,18,25H,1-4,11H2. The van der Waals surface area contributed by atoms with Gasteiger partial charge in [-0.1, -0.05) is 12.8 Å². The van der Waals surface area contributed by atoms with Crippen LogP contribution in [0.3, 0.4) is 0 Å². The Hall–Kier alpha value is -2.15. The highest BCUT2D eigenvalue weighted by Crippen LogP contribution is 2.51. The average Bonchev–Trinajstić information content (AvgIpc) is 3.10. The number of halogens is 4. The number of aromatic nitrogens is 1. The molecule has 2 aliphatic rings. The van der Waals surface area contributed by atoms with Gasteiger partial charge in [0, 0.05) is 17.9 Å². The van der Waals surface area contributed by atoms with Gasteiger partial charge in [0.15, 0.2) is 0 Å². The van der Waals surface area contributed by atoms with Crippen molar-refractivity contribution in [2.75, 3.05) is 11.6 Å². The summed E-state index contributed by atoms with van der Waals surface area (Å²) in [4.78, 5) is 5.80. The topological polar surface area (TPSA) is 28.2 Å². The van der Waals surface area contributed by atoms with Gasteiger partial charge in [0.25, 0.3) is 0 Å². The summed E-state index contributed by atoms with van der Waals surface area (Å²) in [6.45, 7) is 0.368. The summed E-state index contributed by atoms with van der Waals surface area (Å²) < 4.78 is 55.2. The van der Waals surface area contributed by atoms with E-state index in [9.17, 15) is 17.6 Å². The van der Waals surface area contributed by atoms with Gasteiger partial charge in [0.2, 0.25) is 0 Å². The third-order valence-electron chi connectivity index (χ3n) is 5.25. The molecule has 1 aromatic carbocycles. The third-order valence-corrected chi connectivity index (χ3v) is 5.25. The predicted octanol–water partition coefficient (Wildman–Crippen LogP) is 4.86. The Kier molecular flexibility index (Phi) is 4.34. The number of nitrogens with zero attached hydrogens (tertiary/aromatic N) is 2. The minimum atomic E-state index is -4.51. The second kappa shape index (κ2) is 6.54. The van der Waals surface area contributed by atoms with E-state index >= 15 is 0 Å². The molecule has 0 bridgehead atoms. The van der Waals surface area contributed by atoms with Crippen molar-refractivity contribution < 1.29 is 17.6 Å². The lowest BCUT2D eigenvalue weighted by Gasteiger charge is -2.38. The monoisotopic (exact) mass is 365 g/mol. The van der Waals surface area contributed by atoms with Crippen molar-refractivity contribution in [1.82, 2.24) is 10.3 Å². The number of benzene rings is 1. The molecular weight excluding hydrogens is 346 g/mol. The van der Waals surface area contributed by atoms with Gasteiger partial charge in [0.05, 0.1) is 18.6 Å². The Labute approximate surface area is 149 Å². The van der Waals surface area contributed by atoms with Crippen LogP contribution in [0.25, 0.3) is 0 Å². The fourth-order valence-corrected chi connectivity index (χ4v) is 4.04. The van der Waals surface area contributed by atoms with E-state index in [2.05, 4.69) is 10.3 Å². The SMILES string of the molecule is Fc1ccc2c(c1)C(C(F)(F)F)c1ccncc1N2CNC1CCCC1. The smallest absolute Gasteiger partial charge is 0.326 e. The quantitative estimate of drug-likeness (QED) is 0.788. The fraction of sp³-hybridized carbons (Fsp3) is 0.421. The van der Waals surface area contributed by atoms with E-state index in [-0.39, 0.29) is 11.1 Å². The van der Waals surface area contributed by atoms with E-state index in [1.807, 2.05) is 0 Å². The van der Waals surface area contributed by atoms with Crippen molar-refractivity contribution in [1.29, 1.82) is 0 Å². The first-order valence-electron chi connectivity index (χ1n) is 8.76. The van der Waals surface area contributed by atoms with E-state index in [4.69, 9.17) is 0 Å². The molecule has 2 aromatic rings. The number of alkyl halides is 3. The van der Waals surface area contributed by atoms with Crippen LogP contribution in [0.5, 0.6) is 0 Å². The molecule has 2 heterocycles. The van der Waals surface area contributed by atoms with Crippen molar-refractivity contribution >= 4 is 11.4 Å². The number of anilines is 2. The molecule has 7 heteroatoms. The first-order valence-corrected chi connectivity index (χ1v) is 8.76. The molecule has 0 spiro atoms. The normalized spacial score (nSPS) is 20.2. The third kappa shape index (κ3) is 3.05. The summed E-state index contributed by atoms with van der Waals surface area (Å²) in [6.07, 6.45) is 2.75. The molecule has 4 rings (SSSR count). The predicted molar refractivity (Wildman–Crippen MR) is 90.9 cm³/mol. The zero-order valence-corrected chi connectivity index (χ0v) is 14.1. The lowest BCUT2D eigenvalue weighted by molar-refractivity contribution is -0.141. The number of fused-ring (bicyclic) bond motifs is 2. The van der Waals surface area contributed by atoms with E-state index in [0.717, 1.165) is 31.7 Å². The van der Waals surface area contributed by atoms with Gasteiger partial charge in [-0.3, -0.25) is 10.3 Å². The zero-order chi connectivity index (χ0) is 18.3. The van der Waals surface area contributed by atoms with Crippen molar-refractivity contribution in [2.24, 2.45) is 0 Å². The van der Waals surface area contributed by atoms with Crippen LogP contribution in [0.1, 0.15) is 42.7 Å². The van der Waals surface area contributed by atoms with Crippen LogP contribution in [0.2, 0.25) is 0 Å². The summed E-state index contributed by atoms with van der Waals surface area (Å²) in [5.41, 5.74) is 0.849. The second-order valence-electron chi connectivity index (χ2n) is 6.88. The van der Waals surface area contributed by atoms with Gasteiger partial charge in [-0.25, -0.2) is 4.39 Å². The van der Waals surface area contributed by atoms with Crippen LogP contribution in [0.4, 0.5) is 28.9 Å². The number of nitrogens with one attached hydrogen (secondary N) is 1. The van der Waals surface area contributed by atoms with Crippen LogP contribution in [0.15, 0.2) is 36.7 Å². The number of hydrogen-bond donors (Lipinski definition) is 1. The van der Waals surface area contributed by atoms with E-state index in [1.54, 1.807) is 4.90 Å². The molecular formula is C19H19F4N3. The summed E-state index contributed by atoms with van der Waals surface area (Å²) >= 11 is 0. The summed E-state index contributed by atoms with van der Waals surface area (Å²) in [5.74, 6) is -2.52. The summed E-state index contributed by atoms with van der Waals surface area (Å²) in [5, 5.41) is 3.42. The molecule has 1 aliphatic carbocycles. The largest absolute Gasteiger partial charge is 0.399 e. The lowest BCUT2D eigenvalue weighted by Crippen LogP contribution is -2.40. The fourth-order valence-electron chi connectivity index (χ4n) is 4.04. The molecule has 1 aliphatic heterocycles. The minimum Gasteiger partial charge on any atom is -0.326 e. The number of rotatable bonds is 3. The highest BCUT2D eigenvalue weighted by Gasteiger charge is 2.47. The summed E-state index contributed by atoms with van der Waals surface area (Å²) in [6, 6.07) is 5.37. The Morgan fingerprint density at radius 1 is 1.08 bits per heavy atom. The van der Waals surface area contributed by atoms with Crippen LogP contribution in [-0.2, 0) is 0 Å². The maximum absolute atomic E-state index is 13.8. The highest BCUT2D eigenvalue weighted by atomic mass is 19.4. The Morgan fingerprint density at radius 3 is 2.58 bits per heavy atom. The Bertz CT molecular complexity index is 800. The zero-order valence-electron chi connectivity index (χ0n) is 14.1. The first kappa shape index (κ1) is 17.3. The van der Waals surface area contributed by atoms with Crippen LogP contribution in [-0.4, -0.2) is 23.9 Å². The Morgan fingerprint density at radius 2 is 1.85 bits per heavy atom. The highest BCUT2D eigenvalue weighted by molar-refractivity contribution is 5.75. The van der Waals surface area contributed by atoms with E-state index in [1.165, 1.54) is 30.6 Å². The molecule has 1 fully saturated rings. The van der Waals surface area contributed by atoms with Gasteiger partial charge in [-0.05, 0) is 48.2 Å². The molecule has 0 amide bonds. The van der Waals surface area contributed by atoms with Gasteiger partial charge < -0.3 is 4.90 Å². The average molecular weight is 365 g/mol. The first-order chi connectivity index (χ1) is 12.4. The molecule has 1 aromatic heterocycles. The molecule has 26 heavy (non-hydrogen) atoms. The van der Waals surface area contributed by atoms with Crippen LogP contribution >= 0.6 is 0 Å². The maximum atomic E-state index is 13.8. The Balaban J connectivity index is 1.78. The maximum Gasteiger partial charge on any atom is 0.399 e. The molecule has 1 unspecified atom stereocenters. The van der Waals surface area contributed by atoms with Crippen molar-refractivity contribution in [2.45, 2.75) is 43.8 Å². The van der Waals surface area contributed by atoms with Gasteiger partial charge in [0.1, 0.15) is 11.7 Å². The molecule has 138 valence electrons. The van der Waals surface area contributed by atoms with Crippen molar-refractivity contribution in [3.8, 4) is 0 Å². The molecule has 1 atom stereocenters. The molecule has 0 saturated heterocycles. The molecule has 1 N–H and O–H groups in total. The second-order valence-corrected chi connectivity index (χ2v) is 6.88. The van der Waals surface area contributed by atoms with Crippen LogP contribution in [0, 0.1) is 5.82 Å². The number of pyridine rings is 1.